The van der Waals surface area contributed by atoms with Gasteiger partial charge in [0.05, 0.1) is 0 Å². The third kappa shape index (κ3) is 5.53. The lowest BCUT2D eigenvalue weighted by molar-refractivity contribution is 0.277. The van der Waals surface area contributed by atoms with Crippen LogP contribution < -0.4 is 11.1 Å². The van der Waals surface area contributed by atoms with Gasteiger partial charge in [0.15, 0.2) is 0 Å². The van der Waals surface area contributed by atoms with E-state index in [1.54, 1.807) is 0 Å². The lowest BCUT2D eigenvalue weighted by Gasteiger charge is -2.33. The molecule has 0 fully saturated rings. The van der Waals surface area contributed by atoms with Gasteiger partial charge in [-0.15, -0.1) is 0 Å². The van der Waals surface area contributed by atoms with Gasteiger partial charge >= 0.3 is 0 Å². The van der Waals surface area contributed by atoms with Crippen molar-refractivity contribution in [2.24, 2.45) is 11.7 Å². The van der Waals surface area contributed by atoms with Crippen molar-refractivity contribution in [1.82, 2.24) is 5.32 Å². The summed E-state index contributed by atoms with van der Waals surface area (Å²) < 4.78 is 0. The predicted molar refractivity (Wildman–Crippen MR) is 69.0 cm³/mol. The van der Waals surface area contributed by atoms with E-state index in [1.807, 2.05) is 0 Å². The molecule has 1 unspecified atom stereocenters. The topological polar surface area (TPSA) is 38.0 Å². The van der Waals surface area contributed by atoms with Crippen LogP contribution in [0.3, 0.4) is 0 Å². The van der Waals surface area contributed by atoms with Crippen LogP contribution in [-0.4, -0.2) is 18.1 Å². The SMILES string of the molecule is CCC(CC)(CC)NCC(N)CC(C)C. The minimum absolute atomic E-state index is 0.300. The second-order valence-electron chi connectivity index (χ2n) is 5.11. The Morgan fingerprint density at radius 1 is 1.07 bits per heavy atom. The first-order valence-corrected chi connectivity index (χ1v) is 6.50. The molecule has 0 amide bonds. The highest BCUT2D eigenvalue weighted by Crippen LogP contribution is 2.19. The van der Waals surface area contributed by atoms with Crippen molar-refractivity contribution in [3.63, 3.8) is 0 Å². The predicted octanol–water partition coefficient (Wildman–Crippen LogP) is 2.92. The highest BCUT2D eigenvalue weighted by atomic mass is 15.0. The van der Waals surface area contributed by atoms with Crippen LogP contribution in [0.1, 0.15) is 60.3 Å². The monoisotopic (exact) mass is 214 g/mol. The second-order valence-corrected chi connectivity index (χ2v) is 5.11. The van der Waals surface area contributed by atoms with Crippen molar-refractivity contribution in [2.45, 2.75) is 71.9 Å². The first-order valence-electron chi connectivity index (χ1n) is 6.50. The van der Waals surface area contributed by atoms with Crippen molar-refractivity contribution in [3.05, 3.63) is 0 Å². The highest BCUT2D eigenvalue weighted by Gasteiger charge is 2.23. The smallest absolute Gasteiger partial charge is 0.0174 e. The quantitative estimate of drug-likeness (QED) is 0.652. The van der Waals surface area contributed by atoms with Crippen LogP contribution in [-0.2, 0) is 0 Å². The molecule has 0 aromatic rings. The Hall–Kier alpha value is -0.0800. The molecule has 0 rings (SSSR count). The maximum atomic E-state index is 6.08. The standard InChI is InChI=1S/C13H30N2/c1-6-13(7-2,8-3)15-10-12(14)9-11(4)5/h11-12,15H,6-10,14H2,1-5H3. The lowest BCUT2D eigenvalue weighted by Crippen LogP contribution is -2.49. The van der Waals surface area contributed by atoms with Crippen molar-refractivity contribution < 1.29 is 0 Å². The number of hydrogen-bond acceptors (Lipinski definition) is 2. The Morgan fingerprint density at radius 3 is 1.87 bits per heavy atom. The summed E-state index contributed by atoms with van der Waals surface area (Å²) in [7, 11) is 0. The Balaban J connectivity index is 3.99. The third-order valence-corrected chi connectivity index (χ3v) is 3.54. The van der Waals surface area contributed by atoms with Gasteiger partial charge in [-0.25, -0.2) is 0 Å². The van der Waals surface area contributed by atoms with Gasteiger partial charge in [0.1, 0.15) is 0 Å². The van der Waals surface area contributed by atoms with Gasteiger partial charge in [-0.05, 0) is 31.6 Å². The van der Waals surface area contributed by atoms with E-state index in [-0.39, 0.29) is 0 Å². The molecule has 1 atom stereocenters. The van der Waals surface area contributed by atoms with Crippen molar-refractivity contribution >= 4 is 0 Å². The molecule has 0 aliphatic carbocycles. The molecule has 0 spiro atoms. The third-order valence-electron chi connectivity index (χ3n) is 3.54. The molecule has 0 aromatic heterocycles. The summed E-state index contributed by atoms with van der Waals surface area (Å²) in [5, 5.41) is 3.66. The first-order chi connectivity index (χ1) is 6.99. The molecule has 15 heavy (non-hydrogen) atoms. The van der Waals surface area contributed by atoms with E-state index in [4.69, 9.17) is 5.73 Å². The molecule has 92 valence electrons. The zero-order valence-electron chi connectivity index (χ0n) is 11.3. The van der Waals surface area contributed by atoms with Crippen molar-refractivity contribution in [2.75, 3.05) is 6.54 Å². The van der Waals surface area contributed by atoms with E-state index in [2.05, 4.69) is 39.9 Å². The highest BCUT2D eigenvalue weighted by molar-refractivity contribution is 4.85. The van der Waals surface area contributed by atoms with Crippen LogP contribution in [0.25, 0.3) is 0 Å². The van der Waals surface area contributed by atoms with Gasteiger partial charge < -0.3 is 11.1 Å². The molecular weight excluding hydrogens is 184 g/mol. The minimum atomic E-state index is 0.300. The number of hydrogen-bond donors (Lipinski definition) is 2. The maximum absolute atomic E-state index is 6.08. The fourth-order valence-electron chi connectivity index (χ4n) is 2.16. The van der Waals surface area contributed by atoms with E-state index >= 15 is 0 Å². The number of nitrogens with one attached hydrogen (secondary N) is 1. The summed E-state index contributed by atoms with van der Waals surface area (Å²) in [6, 6.07) is 0.300. The maximum Gasteiger partial charge on any atom is 0.0174 e. The van der Waals surface area contributed by atoms with Gasteiger partial charge in [0, 0.05) is 18.1 Å². The zero-order valence-corrected chi connectivity index (χ0v) is 11.3. The van der Waals surface area contributed by atoms with Gasteiger partial charge in [0.25, 0.3) is 0 Å². The molecule has 2 nitrogen and oxygen atoms in total. The van der Waals surface area contributed by atoms with Crippen LogP contribution in [0.4, 0.5) is 0 Å². The minimum Gasteiger partial charge on any atom is -0.327 e. The van der Waals surface area contributed by atoms with Crippen LogP contribution in [0, 0.1) is 5.92 Å². The van der Waals surface area contributed by atoms with Crippen LogP contribution >= 0.6 is 0 Å². The Morgan fingerprint density at radius 2 is 1.53 bits per heavy atom. The molecular formula is C13H30N2. The van der Waals surface area contributed by atoms with E-state index in [0.29, 0.717) is 17.5 Å². The number of rotatable bonds is 8. The first kappa shape index (κ1) is 14.9. The molecule has 0 saturated heterocycles. The van der Waals surface area contributed by atoms with E-state index in [9.17, 15) is 0 Å². The zero-order chi connectivity index (χ0) is 11.9. The van der Waals surface area contributed by atoms with E-state index in [0.717, 1.165) is 13.0 Å². The van der Waals surface area contributed by atoms with Crippen LogP contribution in [0.5, 0.6) is 0 Å². The van der Waals surface area contributed by atoms with Crippen molar-refractivity contribution in [3.8, 4) is 0 Å². The van der Waals surface area contributed by atoms with E-state index in [1.165, 1.54) is 19.3 Å². The molecule has 0 heterocycles. The normalized spacial score (nSPS) is 14.6. The summed E-state index contributed by atoms with van der Waals surface area (Å²) in [5.74, 6) is 0.695. The van der Waals surface area contributed by atoms with Crippen LogP contribution in [0.2, 0.25) is 0 Å². The summed E-state index contributed by atoms with van der Waals surface area (Å²) in [5.41, 5.74) is 6.40. The molecule has 0 radical (unpaired) electrons. The Kier molecular flexibility index (Phi) is 7.20. The molecule has 0 saturated carbocycles. The fourth-order valence-corrected chi connectivity index (χ4v) is 2.16. The number of nitrogens with two attached hydrogens (primary N) is 1. The molecule has 0 aliphatic heterocycles. The summed E-state index contributed by atoms with van der Waals surface area (Å²) in [6.45, 7) is 12.2. The molecule has 0 aromatic carbocycles. The van der Waals surface area contributed by atoms with Gasteiger partial charge in [-0.2, -0.15) is 0 Å². The summed E-state index contributed by atoms with van der Waals surface area (Å²) in [6.07, 6.45) is 4.68. The van der Waals surface area contributed by atoms with Crippen LogP contribution in [0.15, 0.2) is 0 Å². The lowest BCUT2D eigenvalue weighted by atomic mass is 9.89. The summed E-state index contributed by atoms with van der Waals surface area (Å²) in [4.78, 5) is 0. The molecule has 0 aliphatic rings. The van der Waals surface area contributed by atoms with Gasteiger partial charge in [-0.1, -0.05) is 34.6 Å². The van der Waals surface area contributed by atoms with Gasteiger partial charge in [-0.3, -0.25) is 0 Å². The summed E-state index contributed by atoms with van der Waals surface area (Å²) >= 11 is 0. The second kappa shape index (κ2) is 7.24. The Bertz CT molecular complexity index is 142. The molecule has 0 bridgehead atoms. The Labute approximate surface area is 96.0 Å². The fraction of sp³-hybridized carbons (Fsp3) is 1.00. The van der Waals surface area contributed by atoms with Gasteiger partial charge in [0.2, 0.25) is 0 Å². The largest absolute Gasteiger partial charge is 0.327 e. The molecule has 3 N–H and O–H groups in total. The van der Waals surface area contributed by atoms with Crippen molar-refractivity contribution in [1.29, 1.82) is 0 Å². The average molecular weight is 214 g/mol. The average Bonchev–Trinajstić information content (AvgIpc) is 2.20. The van der Waals surface area contributed by atoms with E-state index < -0.39 is 0 Å². The molecule has 2 heteroatoms.